The molecule has 1 saturated heterocycles. The summed E-state index contributed by atoms with van der Waals surface area (Å²) in [6.07, 6.45) is 2.43. The smallest absolute Gasteiger partial charge is 0.328 e. The number of nitrogens with zero attached hydrogens (tertiary/aromatic N) is 3. The Kier molecular flexibility index (Phi) is 3.92. The summed E-state index contributed by atoms with van der Waals surface area (Å²) in [5, 5.41) is 8.72. The third kappa shape index (κ3) is 2.86. The molecule has 1 N–H and O–H groups in total. The fourth-order valence-electron chi connectivity index (χ4n) is 2.18. The molecule has 0 spiro atoms. The number of carbonyl (C=O) groups is 1. The Bertz CT molecular complexity index is 719. The zero-order chi connectivity index (χ0) is 15.5. The maximum absolute atomic E-state index is 10.6. The predicted molar refractivity (Wildman–Crippen MR) is 78.1 cm³/mol. The van der Waals surface area contributed by atoms with Crippen molar-refractivity contribution in [1.82, 2.24) is 9.97 Å². The van der Waals surface area contributed by atoms with Crippen molar-refractivity contribution < 1.29 is 23.8 Å². The van der Waals surface area contributed by atoms with Gasteiger partial charge in [0.2, 0.25) is 11.5 Å². The first-order valence-corrected chi connectivity index (χ1v) is 6.76. The van der Waals surface area contributed by atoms with Crippen LogP contribution in [0.1, 0.15) is 5.56 Å². The minimum atomic E-state index is -1.05. The summed E-state index contributed by atoms with van der Waals surface area (Å²) in [6, 6.07) is 2.14. The number of anilines is 1. The van der Waals surface area contributed by atoms with Crippen LogP contribution < -0.4 is 9.64 Å². The Balaban J connectivity index is 1.98. The van der Waals surface area contributed by atoms with Crippen LogP contribution >= 0.6 is 0 Å². The van der Waals surface area contributed by atoms with E-state index in [-0.39, 0.29) is 0 Å². The zero-order valence-electron chi connectivity index (χ0n) is 12.0. The number of morpholine rings is 1. The van der Waals surface area contributed by atoms with Gasteiger partial charge in [-0.05, 0) is 12.1 Å². The van der Waals surface area contributed by atoms with Crippen LogP contribution in [0, 0.1) is 0 Å². The quantitative estimate of drug-likeness (QED) is 0.840. The second-order valence-electron chi connectivity index (χ2n) is 4.68. The number of carboxylic acid groups (broad SMARTS) is 1. The first-order valence-electron chi connectivity index (χ1n) is 6.76. The largest absolute Gasteiger partial charge is 0.481 e. The van der Waals surface area contributed by atoms with E-state index < -0.39 is 5.97 Å². The zero-order valence-corrected chi connectivity index (χ0v) is 12.0. The van der Waals surface area contributed by atoms with E-state index in [0.717, 1.165) is 6.08 Å². The van der Waals surface area contributed by atoms with E-state index in [2.05, 4.69) is 9.97 Å². The van der Waals surface area contributed by atoms with Crippen LogP contribution in [0.2, 0.25) is 0 Å². The van der Waals surface area contributed by atoms with E-state index >= 15 is 0 Å². The summed E-state index contributed by atoms with van der Waals surface area (Å²) in [7, 11) is 1.47. The molecular formula is C14H15N3O5. The van der Waals surface area contributed by atoms with Crippen LogP contribution in [-0.2, 0) is 9.53 Å². The van der Waals surface area contributed by atoms with Gasteiger partial charge in [-0.2, -0.15) is 9.97 Å². The Labute approximate surface area is 126 Å². The van der Waals surface area contributed by atoms with Gasteiger partial charge >= 0.3 is 5.97 Å². The van der Waals surface area contributed by atoms with Crippen LogP contribution in [-0.4, -0.2) is 54.5 Å². The Morgan fingerprint density at radius 3 is 2.86 bits per heavy atom. The van der Waals surface area contributed by atoms with Crippen molar-refractivity contribution in [3.05, 3.63) is 17.7 Å². The van der Waals surface area contributed by atoms with Crippen molar-refractivity contribution in [3.63, 3.8) is 0 Å². The summed E-state index contributed by atoms with van der Waals surface area (Å²) in [5.74, 6) is -0.749. The molecular weight excluding hydrogens is 290 g/mol. The fraction of sp³-hybridized carbons (Fsp3) is 0.357. The van der Waals surface area contributed by atoms with Crippen LogP contribution in [0.4, 0.5) is 6.01 Å². The van der Waals surface area contributed by atoms with Gasteiger partial charge in [-0.3, -0.25) is 0 Å². The molecule has 0 amide bonds. The van der Waals surface area contributed by atoms with Crippen LogP contribution in [0.5, 0.6) is 5.88 Å². The summed E-state index contributed by atoms with van der Waals surface area (Å²) >= 11 is 0. The number of oxazole rings is 1. The number of hydrogen-bond donors (Lipinski definition) is 1. The minimum Gasteiger partial charge on any atom is -0.481 e. The number of carboxylic acids is 1. The highest BCUT2D eigenvalue weighted by Gasteiger charge is 2.19. The van der Waals surface area contributed by atoms with E-state index in [1.807, 2.05) is 4.90 Å². The molecule has 2 aromatic heterocycles. The number of pyridine rings is 1. The monoisotopic (exact) mass is 305 g/mol. The van der Waals surface area contributed by atoms with Crippen molar-refractivity contribution in [3.8, 4) is 5.88 Å². The SMILES string of the molecule is COc1nc2nc(N3CCOCC3)oc2cc1/C=C/C(=O)O. The standard InChI is InChI=1S/C14H15N3O5/c1-20-13-9(2-3-11(18)19)8-10-12(15-13)16-14(22-10)17-4-6-21-7-5-17/h2-3,8H,4-7H2,1H3,(H,18,19)/b3-2+. The normalized spacial score (nSPS) is 15.6. The molecule has 3 heterocycles. The van der Waals surface area contributed by atoms with Gasteiger partial charge in [0.15, 0.2) is 5.58 Å². The molecule has 0 unspecified atom stereocenters. The third-order valence-electron chi connectivity index (χ3n) is 3.24. The molecule has 1 aliphatic heterocycles. The summed E-state index contributed by atoms with van der Waals surface area (Å²) in [5.41, 5.74) is 1.42. The van der Waals surface area contributed by atoms with Gasteiger partial charge in [0, 0.05) is 24.7 Å². The second-order valence-corrected chi connectivity index (χ2v) is 4.68. The first kappa shape index (κ1) is 14.3. The number of rotatable bonds is 4. The molecule has 3 rings (SSSR count). The molecule has 1 fully saturated rings. The van der Waals surface area contributed by atoms with E-state index in [9.17, 15) is 4.79 Å². The number of aromatic nitrogens is 2. The van der Waals surface area contributed by atoms with E-state index in [1.54, 1.807) is 6.07 Å². The van der Waals surface area contributed by atoms with Crippen molar-refractivity contribution in [2.45, 2.75) is 0 Å². The summed E-state index contributed by atoms with van der Waals surface area (Å²) < 4.78 is 16.2. The molecule has 0 aliphatic carbocycles. The Morgan fingerprint density at radius 1 is 1.41 bits per heavy atom. The maximum Gasteiger partial charge on any atom is 0.328 e. The summed E-state index contributed by atoms with van der Waals surface area (Å²) in [4.78, 5) is 21.2. The Morgan fingerprint density at radius 2 is 2.18 bits per heavy atom. The van der Waals surface area contributed by atoms with Gasteiger partial charge in [-0.25, -0.2) is 4.79 Å². The van der Waals surface area contributed by atoms with Crippen molar-refractivity contribution >= 4 is 29.3 Å². The van der Waals surface area contributed by atoms with E-state index in [4.69, 9.17) is 19.0 Å². The molecule has 116 valence electrons. The Hall–Kier alpha value is -2.61. The van der Waals surface area contributed by atoms with E-state index in [0.29, 0.717) is 55.0 Å². The third-order valence-corrected chi connectivity index (χ3v) is 3.24. The molecule has 2 aromatic rings. The highest BCUT2D eigenvalue weighted by molar-refractivity contribution is 5.87. The highest BCUT2D eigenvalue weighted by Crippen LogP contribution is 2.27. The lowest BCUT2D eigenvalue weighted by atomic mass is 10.2. The maximum atomic E-state index is 10.6. The minimum absolute atomic E-state index is 0.298. The van der Waals surface area contributed by atoms with Crippen molar-refractivity contribution in [2.75, 3.05) is 38.3 Å². The molecule has 0 saturated carbocycles. The second kappa shape index (κ2) is 6.02. The van der Waals surface area contributed by atoms with Crippen LogP contribution in [0.15, 0.2) is 16.6 Å². The van der Waals surface area contributed by atoms with Gasteiger partial charge < -0.3 is 23.9 Å². The number of ether oxygens (including phenoxy) is 2. The lowest BCUT2D eigenvalue weighted by Gasteiger charge is -2.24. The number of fused-ring (bicyclic) bond motifs is 1. The fourth-order valence-corrected chi connectivity index (χ4v) is 2.18. The lowest BCUT2D eigenvalue weighted by molar-refractivity contribution is -0.131. The van der Waals surface area contributed by atoms with E-state index in [1.165, 1.54) is 13.2 Å². The van der Waals surface area contributed by atoms with Crippen molar-refractivity contribution in [1.29, 1.82) is 0 Å². The number of methoxy groups -OCH3 is 1. The molecule has 0 aromatic carbocycles. The van der Waals surface area contributed by atoms with Gasteiger partial charge in [-0.1, -0.05) is 0 Å². The van der Waals surface area contributed by atoms with Gasteiger partial charge in [-0.15, -0.1) is 0 Å². The summed E-state index contributed by atoms with van der Waals surface area (Å²) in [6.45, 7) is 2.66. The first-order chi connectivity index (χ1) is 10.7. The number of hydrogen-bond acceptors (Lipinski definition) is 7. The molecule has 1 aliphatic rings. The average molecular weight is 305 g/mol. The average Bonchev–Trinajstić information content (AvgIpc) is 2.95. The van der Waals surface area contributed by atoms with Gasteiger partial charge in [0.1, 0.15) is 0 Å². The molecule has 22 heavy (non-hydrogen) atoms. The molecule has 0 bridgehead atoms. The predicted octanol–water partition coefficient (Wildman–Crippen LogP) is 1.17. The van der Waals surface area contributed by atoms with Crippen molar-refractivity contribution in [2.24, 2.45) is 0 Å². The van der Waals surface area contributed by atoms with Gasteiger partial charge in [0.05, 0.1) is 20.3 Å². The number of aliphatic carboxylic acids is 1. The van der Waals surface area contributed by atoms with Gasteiger partial charge in [0.25, 0.3) is 6.01 Å². The molecule has 0 atom stereocenters. The molecule has 8 heteroatoms. The molecule has 8 nitrogen and oxygen atoms in total. The lowest BCUT2D eigenvalue weighted by Crippen LogP contribution is -2.36. The molecule has 0 radical (unpaired) electrons. The highest BCUT2D eigenvalue weighted by atomic mass is 16.5. The topological polar surface area (TPSA) is 97.9 Å². The van der Waals surface area contributed by atoms with Crippen LogP contribution in [0.25, 0.3) is 17.3 Å². The van der Waals surface area contributed by atoms with Crippen LogP contribution in [0.3, 0.4) is 0 Å².